The van der Waals surface area contributed by atoms with Gasteiger partial charge in [-0.25, -0.2) is 0 Å². The predicted octanol–water partition coefficient (Wildman–Crippen LogP) is 2.23. The molecule has 1 saturated heterocycles. The minimum Gasteiger partial charge on any atom is -0.493 e. The summed E-state index contributed by atoms with van der Waals surface area (Å²) in [4.78, 5) is 26.0. The smallest absolute Gasteiger partial charge is 0.251 e. The van der Waals surface area contributed by atoms with E-state index in [1.54, 1.807) is 30.2 Å². The number of nitrogens with zero attached hydrogens (tertiary/aromatic N) is 1. The summed E-state index contributed by atoms with van der Waals surface area (Å²) in [6.45, 7) is 4.30. The van der Waals surface area contributed by atoms with E-state index in [-0.39, 0.29) is 18.4 Å². The van der Waals surface area contributed by atoms with Crippen molar-refractivity contribution in [2.75, 3.05) is 33.4 Å². The van der Waals surface area contributed by atoms with E-state index in [1.807, 2.05) is 0 Å². The van der Waals surface area contributed by atoms with Crippen LogP contribution in [-0.4, -0.2) is 50.1 Å². The molecule has 24 heavy (non-hydrogen) atoms. The van der Waals surface area contributed by atoms with Gasteiger partial charge in [0.05, 0.1) is 20.3 Å². The number of hydrogen-bond acceptors (Lipinski definition) is 4. The Balaban J connectivity index is 1.92. The molecular formula is C18H26N2O4. The first kappa shape index (κ1) is 18.1. The topological polar surface area (TPSA) is 67.9 Å². The quantitative estimate of drug-likeness (QED) is 0.740. The Morgan fingerprint density at radius 2 is 1.96 bits per heavy atom. The minimum absolute atomic E-state index is 0.0237. The SMILES string of the molecule is CCCCOc1ccc(C(=O)NCC(=O)N2CCCC2)cc1OC. The molecule has 0 aliphatic carbocycles. The minimum atomic E-state index is -0.291. The lowest BCUT2D eigenvalue weighted by Crippen LogP contribution is -2.38. The lowest BCUT2D eigenvalue weighted by atomic mass is 10.2. The maximum Gasteiger partial charge on any atom is 0.251 e. The van der Waals surface area contributed by atoms with Gasteiger partial charge < -0.3 is 19.7 Å². The molecule has 0 radical (unpaired) electrons. The Kier molecular flexibility index (Phi) is 6.90. The van der Waals surface area contributed by atoms with Crippen LogP contribution in [0.25, 0.3) is 0 Å². The van der Waals surface area contributed by atoms with E-state index >= 15 is 0 Å². The van der Waals surface area contributed by atoms with Crippen molar-refractivity contribution in [1.82, 2.24) is 10.2 Å². The van der Waals surface area contributed by atoms with Gasteiger partial charge in [-0.2, -0.15) is 0 Å². The molecule has 6 nitrogen and oxygen atoms in total. The highest BCUT2D eigenvalue weighted by Gasteiger charge is 2.19. The predicted molar refractivity (Wildman–Crippen MR) is 91.5 cm³/mol. The largest absolute Gasteiger partial charge is 0.493 e. The van der Waals surface area contributed by atoms with Crippen LogP contribution in [0.15, 0.2) is 18.2 Å². The maximum atomic E-state index is 12.2. The molecule has 1 N–H and O–H groups in total. The van der Waals surface area contributed by atoms with Crippen LogP contribution in [0.1, 0.15) is 43.0 Å². The van der Waals surface area contributed by atoms with Crippen molar-refractivity contribution in [3.05, 3.63) is 23.8 Å². The number of amides is 2. The lowest BCUT2D eigenvalue weighted by molar-refractivity contribution is -0.129. The zero-order valence-electron chi connectivity index (χ0n) is 14.5. The molecule has 0 saturated carbocycles. The second-order valence-electron chi connectivity index (χ2n) is 5.84. The number of carbonyl (C=O) groups is 2. The third kappa shape index (κ3) is 4.88. The summed E-state index contributed by atoms with van der Waals surface area (Å²) < 4.78 is 10.9. The number of benzene rings is 1. The number of likely N-dealkylation sites (tertiary alicyclic amines) is 1. The van der Waals surface area contributed by atoms with Crippen molar-refractivity contribution >= 4 is 11.8 Å². The van der Waals surface area contributed by atoms with Gasteiger partial charge in [0.1, 0.15) is 0 Å². The summed E-state index contributed by atoms with van der Waals surface area (Å²) in [5.74, 6) is 0.813. The van der Waals surface area contributed by atoms with Gasteiger partial charge in [0.15, 0.2) is 11.5 Å². The normalized spacial score (nSPS) is 13.7. The van der Waals surface area contributed by atoms with Crippen LogP contribution < -0.4 is 14.8 Å². The van der Waals surface area contributed by atoms with E-state index in [9.17, 15) is 9.59 Å². The fraction of sp³-hybridized carbons (Fsp3) is 0.556. The van der Waals surface area contributed by atoms with Crippen molar-refractivity contribution in [2.24, 2.45) is 0 Å². The summed E-state index contributed by atoms with van der Waals surface area (Å²) >= 11 is 0. The van der Waals surface area contributed by atoms with Crippen LogP contribution in [0.2, 0.25) is 0 Å². The summed E-state index contributed by atoms with van der Waals surface area (Å²) in [7, 11) is 1.54. The van der Waals surface area contributed by atoms with Crippen molar-refractivity contribution in [2.45, 2.75) is 32.6 Å². The second kappa shape index (κ2) is 9.15. The number of carbonyl (C=O) groups excluding carboxylic acids is 2. The average molecular weight is 334 g/mol. The molecule has 2 rings (SSSR count). The first-order valence-corrected chi connectivity index (χ1v) is 8.52. The monoisotopic (exact) mass is 334 g/mol. The van der Waals surface area contributed by atoms with Crippen molar-refractivity contribution in [1.29, 1.82) is 0 Å². The molecular weight excluding hydrogens is 308 g/mol. The lowest BCUT2D eigenvalue weighted by Gasteiger charge is -2.16. The first-order valence-electron chi connectivity index (χ1n) is 8.52. The molecule has 1 aromatic rings. The molecule has 2 amide bonds. The maximum absolute atomic E-state index is 12.2. The third-order valence-electron chi connectivity index (χ3n) is 4.04. The summed E-state index contributed by atoms with van der Waals surface area (Å²) in [6.07, 6.45) is 4.09. The van der Waals surface area contributed by atoms with E-state index in [0.29, 0.717) is 23.7 Å². The van der Waals surface area contributed by atoms with Crippen LogP contribution >= 0.6 is 0 Å². The molecule has 0 bridgehead atoms. The van der Waals surface area contributed by atoms with Crippen molar-refractivity contribution < 1.29 is 19.1 Å². The zero-order chi connectivity index (χ0) is 17.4. The van der Waals surface area contributed by atoms with Crippen molar-refractivity contribution in [3.63, 3.8) is 0 Å². The fourth-order valence-electron chi connectivity index (χ4n) is 2.59. The van der Waals surface area contributed by atoms with E-state index in [4.69, 9.17) is 9.47 Å². The Hall–Kier alpha value is -2.24. The number of hydrogen-bond donors (Lipinski definition) is 1. The standard InChI is InChI=1S/C18H26N2O4/c1-3-4-11-24-15-8-7-14(12-16(15)23-2)18(22)19-13-17(21)20-9-5-6-10-20/h7-8,12H,3-6,9-11,13H2,1-2H3,(H,19,22). The van der Waals surface area contributed by atoms with Gasteiger partial charge in [0, 0.05) is 18.7 Å². The molecule has 1 aliphatic rings. The molecule has 1 aliphatic heterocycles. The Labute approximate surface area is 143 Å². The van der Waals surface area contributed by atoms with Crippen LogP contribution in [-0.2, 0) is 4.79 Å². The molecule has 1 aromatic carbocycles. The highest BCUT2D eigenvalue weighted by Crippen LogP contribution is 2.28. The molecule has 1 heterocycles. The molecule has 132 valence electrons. The number of ether oxygens (including phenoxy) is 2. The van der Waals surface area contributed by atoms with Crippen LogP contribution in [0.4, 0.5) is 0 Å². The molecule has 0 aromatic heterocycles. The van der Waals surface area contributed by atoms with E-state index in [0.717, 1.165) is 38.8 Å². The average Bonchev–Trinajstić information content (AvgIpc) is 3.14. The fourth-order valence-corrected chi connectivity index (χ4v) is 2.59. The van der Waals surface area contributed by atoms with Crippen molar-refractivity contribution in [3.8, 4) is 11.5 Å². The number of unbranched alkanes of at least 4 members (excludes halogenated alkanes) is 1. The number of methoxy groups -OCH3 is 1. The zero-order valence-corrected chi connectivity index (χ0v) is 14.5. The van der Waals surface area contributed by atoms with E-state index in [2.05, 4.69) is 12.2 Å². The molecule has 6 heteroatoms. The van der Waals surface area contributed by atoms with E-state index in [1.165, 1.54) is 0 Å². The highest BCUT2D eigenvalue weighted by atomic mass is 16.5. The Morgan fingerprint density at radius 1 is 1.21 bits per heavy atom. The van der Waals surface area contributed by atoms with Crippen LogP contribution in [0.3, 0.4) is 0 Å². The Bertz CT molecular complexity index is 568. The summed E-state index contributed by atoms with van der Waals surface area (Å²) in [5, 5.41) is 2.67. The van der Waals surface area contributed by atoms with Gasteiger partial charge in [-0.3, -0.25) is 9.59 Å². The van der Waals surface area contributed by atoms with Crippen LogP contribution in [0, 0.1) is 0 Å². The molecule has 0 spiro atoms. The molecule has 0 atom stereocenters. The van der Waals surface area contributed by atoms with Gasteiger partial charge in [0.25, 0.3) is 5.91 Å². The summed E-state index contributed by atoms with van der Waals surface area (Å²) in [5.41, 5.74) is 0.448. The van der Waals surface area contributed by atoms with E-state index < -0.39 is 0 Å². The molecule has 1 fully saturated rings. The molecule has 0 unspecified atom stereocenters. The highest BCUT2D eigenvalue weighted by molar-refractivity contribution is 5.97. The van der Waals surface area contributed by atoms with Crippen LogP contribution in [0.5, 0.6) is 11.5 Å². The van der Waals surface area contributed by atoms with Gasteiger partial charge >= 0.3 is 0 Å². The second-order valence-corrected chi connectivity index (χ2v) is 5.84. The van der Waals surface area contributed by atoms with Gasteiger partial charge in [0.2, 0.25) is 5.91 Å². The first-order chi connectivity index (χ1) is 11.7. The van der Waals surface area contributed by atoms with Gasteiger partial charge in [-0.1, -0.05) is 13.3 Å². The van der Waals surface area contributed by atoms with Gasteiger partial charge in [-0.15, -0.1) is 0 Å². The third-order valence-corrected chi connectivity index (χ3v) is 4.04. The Morgan fingerprint density at radius 3 is 2.62 bits per heavy atom. The number of rotatable bonds is 8. The number of nitrogens with one attached hydrogen (secondary N) is 1. The summed E-state index contributed by atoms with van der Waals surface area (Å²) in [6, 6.07) is 5.04. The van der Waals surface area contributed by atoms with Gasteiger partial charge in [-0.05, 0) is 37.5 Å².